The molecule has 1 aromatic rings. The minimum absolute atomic E-state index is 0.741. The third-order valence-corrected chi connectivity index (χ3v) is 2.62. The van der Waals surface area contributed by atoms with Crippen LogP contribution in [0.5, 0.6) is 5.75 Å². The largest absolute Gasteiger partial charge is 0.494 e. The summed E-state index contributed by atoms with van der Waals surface area (Å²) in [5.74, 6) is 0.990. The first-order valence-corrected chi connectivity index (χ1v) is 6.26. The lowest BCUT2D eigenvalue weighted by Gasteiger charge is -2.05. The van der Waals surface area contributed by atoms with Gasteiger partial charge >= 0.3 is 0 Å². The molecule has 0 bridgehead atoms. The van der Waals surface area contributed by atoms with Crippen LogP contribution in [0.15, 0.2) is 24.3 Å². The SMILES string of the molecule is CCOc1cccc(CCCCBr)c1. The van der Waals surface area contributed by atoms with Gasteiger partial charge in [0, 0.05) is 5.33 Å². The summed E-state index contributed by atoms with van der Waals surface area (Å²) in [4.78, 5) is 0. The molecule has 0 saturated carbocycles. The fourth-order valence-electron chi connectivity index (χ4n) is 1.38. The van der Waals surface area contributed by atoms with E-state index in [1.807, 2.05) is 13.0 Å². The van der Waals surface area contributed by atoms with Crippen molar-refractivity contribution in [2.24, 2.45) is 0 Å². The third kappa shape index (κ3) is 4.14. The Balaban J connectivity index is 2.46. The summed E-state index contributed by atoms with van der Waals surface area (Å²) in [7, 11) is 0. The highest BCUT2D eigenvalue weighted by atomic mass is 79.9. The van der Waals surface area contributed by atoms with E-state index in [2.05, 4.69) is 34.1 Å². The lowest BCUT2D eigenvalue weighted by Crippen LogP contribution is -1.93. The summed E-state index contributed by atoms with van der Waals surface area (Å²) in [6.07, 6.45) is 3.62. The third-order valence-electron chi connectivity index (χ3n) is 2.06. The highest BCUT2D eigenvalue weighted by molar-refractivity contribution is 9.09. The van der Waals surface area contributed by atoms with E-state index >= 15 is 0 Å². The van der Waals surface area contributed by atoms with Crippen LogP contribution in [-0.2, 0) is 6.42 Å². The fraction of sp³-hybridized carbons (Fsp3) is 0.500. The smallest absolute Gasteiger partial charge is 0.119 e. The normalized spacial score (nSPS) is 10.1. The number of benzene rings is 1. The maximum Gasteiger partial charge on any atom is 0.119 e. The Labute approximate surface area is 94.6 Å². The molecule has 1 rings (SSSR count). The van der Waals surface area contributed by atoms with Crippen LogP contribution in [-0.4, -0.2) is 11.9 Å². The molecular formula is C12H17BrO. The minimum Gasteiger partial charge on any atom is -0.494 e. The van der Waals surface area contributed by atoms with Crippen LogP contribution in [0.25, 0.3) is 0 Å². The van der Waals surface area contributed by atoms with Crippen LogP contribution in [0.2, 0.25) is 0 Å². The predicted molar refractivity (Wildman–Crippen MR) is 64.3 cm³/mol. The van der Waals surface area contributed by atoms with Crippen LogP contribution < -0.4 is 4.74 Å². The first kappa shape index (κ1) is 11.6. The van der Waals surface area contributed by atoms with E-state index in [0.29, 0.717) is 0 Å². The standard InChI is InChI=1S/C12H17BrO/c1-2-14-12-8-5-7-11(10-12)6-3-4-9-13/h5,7-8,10H,2-4,6,9H2,1H3. The van der Waals surface area contributed by atoms with E-state index in [9.17, 15) is 0 Å². The molecule has 0 unspecified atom stereocenters. The number of alkyl halides is 1. The number of hydrogen-bond donors (Lipinski definition) is 0. The first-order valence-electron chi connectivity index (χ1n) is 5.14. The summed E-state index contributed by atoms with van der Waals surface area (Å²) in [5.41, 5.74) is 1.37. The molecule has 1 aromatic carbocycles. The second-order valence-electron chi connectivity index (χ2n) is 3.23. The summed E-state index contributed by atoms with van der Waals surface area (Å²) in [5, 5.41) is 1.10. The molecule has 1 nitrogen and oxygen atoms in total. The van der Waals surface area contributed by atoms with Crippen molar-refractivity contribution in [1.82, 2.24) is 0 Å². The zero-order chi connectivity index (χ0) is 10.2. The molecule has 2 heteroatoms. The number of ether oxygens (including phenoxy) is 1. The molecule has 0 aromatic heterocycles. The molecule has 0 aliphatic rings. The van der Waals surface area contributed by atoms with Gasteiger partial charge in [0.15, 0.2) is 0 Å². The summed E-state index contributed by atoms with van der Waals surface area (Å²) >= 11 is 3.44. The van der Waals surface area contributed by atoms with Gasteiger partial charge in [0.05, 0.1) is 6.61 Å². The Morgan fingerprint density at radius 3 is 2.86 bits per heavy atom. The zero-order valence-corrected chi connectivity index (χ0v) is 10.2. The van der Waals surface area contributed by atoms with Gasteiger partial charge in [-0.25, -0.2) is 0 Å². The molecule has 0 saturated heterocycles. The van der Waals surface area contributed by atoms with Crippen LogP contribution in [0, 0.1) is 0 Å². The van der Waals surface area contributed by atoms with Gasteiger partial charge in [0.1, 0.15) is 5.75 Å². The second kappa shape index (κ2) is 6.88. The van der Waals surface area contributed by atoms with Gasteiger partial charge in [0.2, 0.25) is 0 Å². The van der Waals surface area contributed by atoms with Crippen LogP contribution in [0.1, 0.15) is 25.3 Å². The average Bonchev–Trinajstić information content (AvgIpc) is 2.19. The van der Waals surface area contributed by atoms with Crippen molar-refractivity contribution in [2.75, 3.05) is 11.9 Å². The lowest BCUT2D eigenvalue weighted by atomic mass is 10.1. The van der Waals surface area contributed by atoms with Crippen molar-refractivity contribution in [1.29, 1.82) is 0 Å². The topological polar surface area (TPSA) is 9.23 Å². The molecule has 0 fully saturated rings. The molecule has 0 amide bonds. The van der Waals surface area contributed by atoms with E-state index in [4.69, 9.17) is 4.74 Å². The van der Waals surface area contributed by atoms with Crippen LogP contribution >= 0.6 is 15.9 Å². The Morgan fingerprint density at radius 1 is 1.29 bits per heavy atom. The number of rotatable bonds is 6. The van der Waals surface area contributed by atoms with Gasteiger partial charge < -0.3 is 4.74 Å². The molecular weight excluding hydrogens is 240 g/mol. The quantitative estimate of drug-likeness (QED) is 0.556. The van der Waals surface area contributed by atoms with Gasteiger partial charge in [-0.05, 0) is 43.9 Å². The van der Waals surface area contributed by atoms with Gasteiger partial charge in [-0.15, -0.1) is 0 Å². The Kier molecular flexibility index (Phi) is 5.69. The summed E-state index contributed by atoms with van der Waals surface area (Å²) in [6.45, 7) is 2.75. The van der Waals surface area contributed by atoms with Gasteiger partial charge in [0.25, 0.3) is 0 Å². The van der Waals surface area contributed by atoms with E-state index in [1.54, 1.807) is 0 Å². The number of aryl methyl sites for hydroxylation is 1. The van der Waals surface area contributed by atoms with Crippen molar-refractivity contribution < 1.29 is 4.74 Å². The molecule has 0 aliphatic heterocycles. The van der Waals surface area contributed by atoms with E-state index < -0.39 is 0 Å². The number of hydrogen-bond acceptors (Lipinski definition) is 1. The molecule has 0 N–H and O–H groups in total. The van der Waals surface area contributed by atoms with E-state index in [0.717, 1.165) is 24.1 Å². The molecule has 0 aliphatic carbocycles. The zero-order valence-electron chi connectivity index (χ0n) is 8.63. The monoisotopic (exact) mass is 256 g/mol. The number of halogens is 1. The van der Waals surface area contributed by atoms with Crippen molar-refractivity contribution >= 4 is 15.9 Å². The Morgan fingerprint density at radius 2 is 2.14 bits per heavy atom. The van der Waals surface area contributed by atoms with Crippen molar-refractivity contribution in [2.45, 2.75) is 26.2 Å². The van der Waals surface area contributed by atoms with E-state index in [-0.39, 0.29) is 0 Å². The van der Waals surface area contributed by atoms with Gasteiger partial charge in [-0.3, -0.25) is 0 Å². The molecule has 0 radical (unpaired) electrons. The molecule has 0 spiro atoms. The van der Waals surface area contributed by atoms with Crippen molar-refractivity contribution in [3.63, 3.8) is 0 Å². The van der Waals surface area contributed by atoms with Crippen molar-refractivity contribution in [3.05, 3.63) is 29.8 Å². The van der Waals surface area contributed by atoms with Gasteiger partial charge in [-0.1, -0.05) is 28.1 Å². The van der Waals surface area contributed by atoms with E-state index in [1.165, 1.54) is 18.4 Å². The lowest BCUT2D eigenvalue weighted by molar-refractivity contribution is 0.340. The highest BCUT2D eigenvalue weighted by Crippen LogP contribution is 2.15. The van der Waals surface area contributed by atoms with Gasteiger partial charge in [-0.2, -0.15) is 0 Å². The average molecular weight is 257 g/mol. The summed E-state index contributed by atoms with van der Waals surface area (Å²) in [6, 6.07) is 8.38. The Bertz CT molecular complexity index is 260. The maximum atomic E-state index is 5.44. The highest BCUT2D eigenvalue weighted by Gasteiger charge is 1.96. The molecule has 0 heterocycles. The number of unbranched alkanes of at least 4 members (excludes halogenated alkanes) is 1. The van der Waals surface area contributed by atoms with Crippen molar-refractivity contribution in [3.8, 4) is 5.75 Å². The molecule has 0 atom stereocenters. The molecule has 14 heavy (non-hydrogen) atoms. The van der Waals surface area contributed by atoms with Crippen LogP contribution in [0.4, 0.5) is 0 Å². The maximum absolute atomic E-state index is 5.44. The summed E-state index contributed by atoms with van der Waals surface area (Å²) < 4.78 is 5.44. The second-order valence-corrected chi connectivity index (χ2v) is 4.02. The fourth-order valence-corrected chi connectivity index (χ4v) is 1.78. The first-order chi connectivity index (χ1) is 6.86. The minimum atomic E-state index is 0.741. The predicted octanol–water partition coefficient (Wildman–Crippen LogP) is 3.80. The molecule has 78 valence electrons. The Hall–Kier alpha value is -0.500. The van der Waals surface area contributed by atoms with Crippen LogP contribution in [0.3, 0.4) is 0 Å².